The maximum atomic E-state index is 12.6. The topological polar surface area (TPSA) is 141 Å². The number of primary amides is 1. The highest BCUT2D eigenvalue weighted by Crippen LogP contribution is 2.16. The van der Waals surface area contributed by atoms with E-state index in [1.54, 1.807) is 12.1 Å². The molecule has 1 atom stereocenters. The molecule has 0 aliphatic carbocycles. The van der Waals surface area contributed by atoms with Crippen LogP contribution >= 0.6 is 0 Å². The third kappa shape index (κ3) is 6.12. The summed E-state index contributed by atoms with van der Waals surface area (Å²) in [5.41, 5.74) is 5.12. The number of hydrogen-bond acceptors (Lipinski definition) is 6. The van der Waals surface area contributed by atoms with E-state index in [0.717, 1.165) is 0 Å². The summed E-state index contributed by atoms with van der Waals surface area (Å²) in [6, 6.07) is 7.85. The van der Waals surface area contributed by atoms with Crippen LogP contribution in [0.5, 0.6) is 5.75 Å². The van der Waals surface area contributed by atoms with Crippen molar-refractivity contribution in [2.24, 2.45) is 5.73 Å². The Bertz CT molecular complexity index is 863. The number of carbonyl (C=O) groups is 2. The molecule has 0 bridgehead atoms. The number of carbonyl (C=O) groups excluding carboxylic acids is 2. The fourth-order valence-electron chi connectivity index (χ4n) is 2.25. The van der Waals surface area contributed by atoms with E-state index in [2.05, 4.69) is 10.0 Å². The Balaban J connectivity index is 2.11. The predicted octanol–water partition coefficient (Wildman–Crippen LogP) is 0.517. The largest absolute Gasteiger partial charge is 0.497 e. The Morgan fingerprint density at radius 2 is 1.93 bits per heavy atom. The summed E-state index contributed by atoms with van der Waals surface area (Å²) in [5, 5.41) is 2.57. The van der Waals surface area contributed by atoms with Gasteiger partial charge in [0.1, 0.15) is 17.6 Å². The van der Waals surface area contributed by atoms with E-state index in [9.17, 15) is 18.0 Å². The normalized spacial score (nSPS) is 12.3. The van der Waals surface area contributed by atoms with E-state index in [1.807, 2.05) is 0 Å². The summed E-state index contributed by atoms with van der Waals surface area (Å²) in [6.07, 6.45) is 1.23. The van der Waals surface area contributed by atoms with Gasteiger partial charge in [0.05, 0.1) is 24.8 Å². The van der Waals surface area contributed by atoms with Crippen LogP contribution in [0.2, 0.25) is 0 Å². The minimum absolute atomic E-state index is 0.0359. The number of benzene rings is 1. The number of ether oxygens (including phenoxy) is 1. The molecule has 1 aromatic carbocycles. The molecular weight excluding hydrogens is 374 g/mol. The van der Waals surface area contributed by atoms with E-state index in [4.69, 9.17) is 14.9 Å². The average molecular weight is 395 g/mol. The van der Waals surface area contributed by atoms with Crippen molar-refractivity contribution in [3.63, 3.8) is 0 Å². The standard InChI is InChI=1S/C17H21N3O6S/c1-25-12-4-6-14(7-5-12)27(23,24)20-15(8-9-16(18)21)17(22)19-11-13-3-2-10-26-13/h2-7,10,15,20H,8-9,11H2,1H3,(H2,18,21)(H,19,22)/t15-/m0/s1. The van der Waals surface area contributed by atoms with Crippen molar-refractivity contribution >= 4 is 21.8 Å². The van der Waals surface area contributed by atoms with Gasteiger partial charge in [0.15, 0.2) is 0 Å². The van der Waals surface area contributed by atoms with E-state index in [1.165, 1.54) is 37.6 Å². The Morgan fingerprint density at radius 1 is 1.22 bits per heavy atom. The highest BCUT2D eigenvalue weighted by atomic mass is 32.2. The number of rotatable bonds is 10. The zero-order valence-electron chi connectivity index (χ0n) is 14.7. The zero-order valence-corrected chi connectivity index (χ0v) is 15.5. The molecule has 4 N–H and O–H groups in total. The lowest BCUT2D eigenvalue weighted by atomic mass is 10.1. The van der Waals surface area contributed by atoms with Crippen LogP contribution in [0.3, 0.4) is 0 Å². The maximum Gasteiger partial charge on any atom is 0.241 e. The van der Waals surface area contributed by atoms with Gasteiger partial charge < -0.3 is 20.2 Å². The van der Waals surface area contributed by atoms with Gasteiger partial charge in [-0.3, -0.25) is 9.59 Å². The fourth-order valence-corrected chi connectivity index (χ4v) is 3.48. The third-order valence-corrected chi connectivity index (χ3v) is 5.17. The van der Waals surface area contributed by atoms with Gasteiger partial charge >= 0.3 is 0 Å². The maximum absolute atomic E-state index is 12.6. The summed E-state index contributed by atoms with van der Waals surface area (Å²) in [4.78, 5) is 23.4. The van der Waals surface area contributed by atoms with Gasteiger partial charge in [0.2, 0.25) is 21.8 Å². The molecule has 0 unspecified atom stereocenters. The first-order chi connectivity index (χ1) is 12.8. The second-order valence-electron chi connectivity index (χ2n) is 5.65. The first kappa shape index (κ1) is 20.5. The number of hydrogen-bond donors (Lipinski definition) is 3. The van der Waals surface area contributed by atoms with Crippen molar-refractivity contribution in [2.75, 3.05) is 7.11 Å². The highest BCUT2D eigenvalue weighted by Gasteiger charge is 2.26. The lowest BCUT2D eigenvalue weighted by molar-refractivity contribution is -0.123. The smallest absolute Gasteiger partial charge is 0.241 e. The van der Waals surface area contributed by atoms with Crippen molar-refractivity contribution in [2.45, 2.75) is 30.3 Å². The Hall–Kier alpha value is -2.85. The number of nitrogens with two attached hydrogens (primary N) is 1. The Labute approximate surface area is 156 Å². The van der Waals surface area contributed by atoms with Gasteiger partial charge in [-0.25, -0.2) is 8.42 Å². The number of methoxy groups -OCH3 is 1. The second kappa shape index (κ2) is 9.19. The van der Waals surface area contributed by atoms with Gasteiger partial charge in [0, 0.05) is 6.42 Å². The van der Waals surface area contributed by atoms with Gasteiger partial charge in [-0.15, -0.1) is 0 Å². The molecule has 2 rings (SSSR count). The third-order valence-electron chi connectivity index (χ3n) is 3.68. The number of sulfonamides is 1. The molecule has 0 aliphatic rings. The number of nitrogens with one attached hydrogen (secondary N) is 2. The first-order valence-corrected chi connectivity index (χ1v) is 9.55. The molecule has 27 heavy (non-hydrogen) atoms. The van der Waals surface area contributed by atoms with Gasteiger partial charge in [0.25, 0.3) is 0 Å². The molecule has 1 aromatic heterocycles. The van der Waals surface area contributed by atoms with Gasteiger partial charge in [-0.05, 0) is 42.8 Å². The molecule has 0 spiro atoms. The van der Waals surface area contributed by atoms with Crippen LogP contribution in [0.15, 0.2) is 52.0 Å². The van der Waals surface area contributed by atoms with Crippen LogP contribution in [-0.2, 0) is 26.2 Å². The van der Waals surface area contributed by atoms with Crippen molar-refractivity contribution in [3.05, 3.63) is 48.4 Å². The highest BCUT2D eigenvalue weighted by molar-refractivity contribution is 7.89. The summed E-state index contributed by atoms with van der Waals surface area (Å²) in [7, 11) is -2.53. The van der Waals surface area contributed by atoms with E-state index in [0.29, 0.717) is 11.5 Å². The molecule has 2 amide bonds. The Kier molecular flexibility index (Phi) is 6.97. The van der Waals surface area contributed by atoms with E-state index in [-0.39, 0.29) is 24.3 Å². The summed E-state index contributed by atoms with van der Waals surface area (Å²) < 4.78 is 37.5. The molecular formula is C17H21N3O6S. The van der Waals surface area contributed by atoms with Crippen LogP contribution in [0.4, 0.5) is 0 Å². The summed E-state index contributed by atoms with van der Waals surface area (Å²) >= 11 is 0. The van der Waals surface area contributed by atoms with Crippen LogP contribution in [-0.4, -0.2) is 33.4 Å². The van der Waals surface area contributed by atoms with E-state index >= 15 is 0 Å². The molecule has 0 saturated heterocycles. The summed E-state index contributed by atoms with van der Waals surface area (Å²) in [5.74, 6) is -0.224. The van der Waals surface area contributed by atoms with Crippen molar-refractivity contribution in [1.29, 1.82) is 0 Å². The molecule has 10 heteroatoms. The minimum atomic E-state index is -3.99. The second-order valence-corrected chi connectivity index (χ2v) is 7.37. The van der Waals surface area contributed by atoms with Crippen LogP contribution < -0.4 is 20.5 Å². The van der Waals surface area contributed by atoms with Crippen LogP contribution in [0, 0.1) is 0 Å². The van der Waals surface area contributed by atoms with E-state index < -0.39 is 27.9 Å². The van der Waals surface area contributed by atoms with Crippen molar-refractivity contribution in [3.8, 4) is 5.75 Å². The van der Waals surface area contributed by atoms with Gasteiger partial charge in [-0.2, -0.15) is 4.72 Å². The van der Waals surface area contributed by atoms with Crippen LogP contribution in [0.1, 0.15) is 18.6 Å². The lowest BCUT2D eigenvalue weighted by Gasteiger charge is -2.18. The molecule has 0 aliphatic heterocycles. The lowest BCUT2D eigenvalue weighted by Crippen LogP contribution is -2.46. The molecule has 2 aromatic rings. The molecule has 0 saturated carbocycles. The zero-order chi connectivity index (χ0) is 19.9. The first-order valence-electron chi connectivity index (χ1n) is 8.06. The summed E-state index contributed by atoms with van der Waals surface area (Å²) in [6.45, 7) is 0.0865. The quantitative estimate of drug-likeness (QED) is 0.535. The number of amides is 2. The van der Waals surface area contributed by atoms with Gasteiger partial charge in [-0.1, -0.05) is 0 Å². The Morgan fingerprint density at radius 3 is 2.48 bits per heavy atom. The number of furan rings is 1. The molecule has 0 fully saturated rings. The average Bonchev–Trinajstić information content (AvgIpc) is 3.16. The van der Waals surface area contributed by atoms with Crippen molar-refractivity contribution < 1.29 is 27.2 Å². The molecule has 9 nitrogen and oxygen atoms in total. The molecule has 1 heterocycles. The molecule has 146 valence electrons. The molecule has 0 radical (unpaired) electrons. The van der Waals surface area contributed by atoms with Crippen LogP contribution in [0.25, 0.3) is 0 Å². The fraction of sp³-hybridized carbons (Fsp3) is 0.294. The SMILES string of the molecule is COc1ccc(S(=O)(=O)N[C@@H](CCC(N)=O)C(=O)NCc2ccco2)cc1. The van der Waals surface area contributed by atoms with Crippen molar-refractivity contribution in [1.82, 2.24) is 10.0 Å². The minimum Gasteiger partial charge on any atom is -0.497 e. The predicted molar refractivity (Wildman–Crippen MR) is 96.1 cm³/mol. The monoisotopic (exact) mass is 395 g/mol.